The summed E-state index contributed by atoms with van der Waals surface area (Å²) < 4.78 is 24.7. The van der Waals surface area contributed by atoms with Crippen LogP contribution in [0, 0.1) is 0 Å². The standard InChI is InChI=1S/C16H17NO3S/c1-12(2)16-15(20-21(18)19)10-14(11-17-16)9-8-13-6-4-3-5-7-13/h3-12H,1-2H3,(H,18,19)/b9-8+. The molecule has 21 heavy (non-hydrogen) atoms. The van der Waals surface area contributed by atoms with E-state index < -0.39 is 11.4 Å². The van der Waals surface area contributed by atoms with Crippen LogP contribution < -0.4 is 4.18 Å². The van der Waals surface area contributed by atoms with Crippen LogP contribution in [0.3, 0.4) is 0 Å². The van der Waals surface area contributed by atoms with Crippen LogP contribution in [-0.4, -0.2) is 13.7 Å². The van der Waals surface area contributed by atoms with Crippen LogP contribution >= 0.6 is 0 Å². The second-order valence-corrected chi connectivity index (χ2v) is 5.45. The maximum atomic E-state index is 10.9. The summed E-state index contributed by atoms with van der Waals surface area (Å²) in [4.78, 5) is 4.32. The monoisotopic (exact) mass is 303 g/mol. The molecule has 0 aliphatic carbocycles. The van der Waals surface area contributed by atoms with Gasteiger partial charge in [0.1, 0.15) is 0 Å². The smallest absolute Gasteiger partial charge is 0.357 e. The summed E-state index contributed by atoms with van der Waals surface area (Å²) in [7, 11) is 0. The third kappa shape index (κ3) is 4.51. The van der Waals surface area contributed by atoms with Crippen LogP contribution in [0.5, 0.6) is 5.75 Å². The van der Waals surface area contributed by atoms with Crippen LogP contribution in [0.4, 0.5) is 0 Å². The zero-order valence-electron chi connectivity index (χ0n) is 11.9. The average molecular weight is 303 g/mol. The predicted octanol–water partition coefficient (Wildman–Crippen LogP) is 3.89. The lowest BCUT2D eigenvalue weighted by molar-refractivity contribution is 0.452. The van der Waals surface area contributed by atoms with E-state index in [9.17, 15) is 4.21 Å². The first kappa shape index (κ1) is 15.4. The van der Waals surface area contributed by atoms with Crippen molar-refractivity contribution in [2.24, 2.45) is 0 Å². The van der Waals surface area contributed by atoms with Crippen molar-refractivity contribution in [3.8, 4) is 5.75 Å². The zero-order valence-corrected chi connectivity index (χ0v) is 12.7. The van der Waals surface area contributed by atoms with Gasteiger partial charge in [-0.15, -0.1) is 0 Å². The number of hydrogen-bond donors (Lipinski definition) is 1. The lowest BCUT2D eigenvalue weighted by Gasteiger charge is -2.10. The SMILES string of the molecule is CC(C)c1ncc(/C=C/c2ccccc2)cc1OS(=O)O. The molecule has 0 spiro atoms. The number of pyridine rings is 1. The maximum absolute atomic E-state index is 10.9. The first-order chi connectivity index (χ1) is 10.1. The Balaban J connectivity index is 2.29. The molecule has 0 saturated carbocycles. The second kappa shape index (κ2) is 7.15. The molecule has 1 N–H and O–H groups in total. The van der Waals surface area contributed by atoms with E-state index in [2.05, 4.69) is 4.98 Å². The van der Waals surface area contributed by atoms with E-state index in [1.54, 1.807) is 12.3 Å². The lowest BCUT2D eigenvalue weighted by atomic mass is 10.1. The van der Waals surface area contributed by atoms with Gasteiger partial charge in [-0.05, 0) is 23.1 Å². The molecular weight excluding hydrogens is 286 g/mol. The zero-order chi connectivity index (χ0) is 15.2. The quantitative estimate of drug-likeness (QED) is 0.851. The van der Waals surface area contributed by atoms with Gasteiger partial charge in [0, 0.05) is 6.20 Å². The van der Waals surface area contributed by atoms with E-state index in [0.29, 0.717) is 11.4 Å². The van der Waals surface area contributed by atoms with Crippen LogP contribution in [0.25, 0.3) is 12.2 Å². The van der Waals surface area contributed by atoms with Crippen molar-refractivity contribution in [2.45, 2.75) is 19.8 Å². The van der Waals surface area contributed by atoms with Crippen molar-refractivity contribution in [1.82, 2.24) is 4.98 Å². The highest BCUT2D eigenvalue weighted by atomic mass is 32.2. The molecule has 4 nitrogen and oxygen atoms in total. The second-order valence-electron chi connectivity index (χ2n) is 4.85. The first-order valence-electron chi connectivity index (χ1n) is 6.58. The molecule has 0 aliphatic rings. The molecule has 110 valence electrons. The normalized spacial score (nSPS) is 12.8. The van der Waals surface area contributed by atoms with Gasteiger partial charge in [0.15, 0.2) is 5.75 Å². The molecule has 0 saturated heterocycles. The van der Waals surface area contributed by atoms with Crippen LogP contribution in [-0.2, 0) is 11.4 Å². The van der Waals surface area contributed by atoms with E-state index in [4.69, 9.17) is 8.74 Å². The van der Waals surface area contributed by atoms with E-state index in [-0.39, 0.29) is 5.92 Å². The molecule has 1 aromatic carbocycles. The average Bonchev–Trinajstić information content (AvgIpc) is 2.45. The third-order valence-electron chi connectivity index (χ3n) is 2.88. The molecule has 0 amide bonds. The summed E-state index contributed by atoms with van der Waals surface area (Å²) >= 11 is -2.36. The topological polar surface area (TPSA) is 59.4 Å². The van der Waals surface area contributed by atoms with E-state index in [0.717, 1.165) is 11.1 Å². The number of aromatic nitrogens is 1. The Morgan fingerprint density at radius 2 is 1.86 bits per heavy atom. The van der Waals surface area contributed by atoms with Crippen molar-refractivity contribution in [2.75, 3.05) is 0 Å². The Hall–Kier alpha value is -1.98. The van der Waals surface area contributed by atoms with Crippen molar-refractivity contribution in [3.05, 3.63) is 59.4 Å². The molecule has 1 unspecified atom stereocenters. The highest BCUT2D eigenvalue weighted by molar-refractivity contribution is 7.74. The number of nitrogens with zero attached hydrogens (tertiary/aromatic N) is 1. The van der Waals surface area contributed by atoms with Gasteiger partial charge in [-0.1, -0.05) is 56.3 Å². The summed E-state index contributed by atoms with van der Waals surface area (Å²) in [5.41, 5.74) is 2.54. The Morgan fingerprint density at radius 1 is 1.19 bits per heavy atom. The fourth-order valence-corrected chi connectivity index (χ4v) is 2.18. The number of rotatable bonds is 5. The molecule has 1 atom stereocenters. The van der Waals surface area contributed by atoms with Gasteiger partial charge in [-0.25, -0.2) is 0 Å². The molecule has 0 fully saturated rings. The molecule has 1 aromatic heterocycles. The van der Waals surface area contributed by atoms with Crippen LogP contribution in [0.1, 0.15) is 36.6 Å². The Labute approximate surface area is 127 Å². The van der Waals surface area contributed by atoms with Gasteiger partial charge in [-0.2, -0.15) is 4.21 Å². The molecule has 0 aliphatic heterocycles. The minimum atomic E-state index is -2.36. The van der Waals surface area contributed by atoms with Gasteiger partial charge in [0.2, 0.25) is 0 Å². The molecule has 2 rings (SSSR count). The van der Waals surface area contributed by atoms with E-state index in [1.807, 2.05) is 56.3 Å². The Morgan fingerprint density at radius 3 is 2.48 bits per heavy atom. The first-order valence-corrected chi connectivity index (χ1v) is 7.61. The molecule has 0 radical (unpaired) electrons. The number of benzene rings is 1. The van der Waals surface area contributed by atoms with Crippen LogP contribution in [0.15, 0.2) is 42.6 Å². The lowest BCUT2D eigenvalue weighted by Crippen LogP contribution is -2.04. The van der Waals surface area contributed by atoms with Gasteiger partial charge >= 0.3 is 11.4 Å². The van der Waals surface area contributed by atoms with Gasteiger partial charge in [-0.3, -0.25) is 9.54 Å². The summed E-state index contributed by atoms with van der Waals surface area (Å²) in [5, 5.41) is 0. The summed E-state index contributed by atoms with van der Waals surface area (Å²) in [6, 6.07) is 11.6. The Bertz CT molecular complexity index is 654. The highest BCUT2D eigenvalue weighted by Crippen LogP contribution is 2.26. The summed E-state index contributed by atoms with van der Waals surface area (Å²) in [6.45, 7) is 3.91. The molecular formula is C16H17NO3S. The van der Waals surface area contributed by atoms with Crippen molar-refractivity contribution in [1.29, 1.82) is 0 Å². The minimum absolute atomic E-state index is 0.107. The van der Waals surface area contributed by atoms with Crippen molar-refractivity contribution < 1.29 is 12.9 Å². The van der Waals surface area contributed by atoms with Gasteiger partial charge < -0.3 is 4.18 Å². The Kier molecular flexibility index (Phi) is 5.25. The van der Waals surface area contributed by atoms with Crippen molar-refractivity contribution in [3.63, 3.8) is 0 Å². The molecule has 0 bridgehead atoms. The summed E-state index contributed by atoms with van der Waals surface area (Å²) in [6.07, 6.45) is 5.56. The summed E-state index contributed by atoms with van der Waals surface area (Å²) in [5.74, 6) is 0.441. The molecule has 2 aromatic rings. The highest BCUT2D eigenvalue weighted by Gasteiger charge is 2.12. The molecule has 1 heterocycles. The molecule has 5 heteroatoms. The fourth-order valence-electron chi connectivity index (χ4n) is 1.90. The van der Waals surface area contributed by atoms with Gasteiger partial charge in [0.25, 0.3) is 0 Å². The van der Waals surface area contributed by atoms with E-state index >= 15 is 0 Å². The van der Waals surface area contributed by atoms with Crippen molar-refractivity contribution >= 4 is 23.5 Å². The predicted molar refractivity (Wildman–Crippen MR) is 85.1 cm³/mol. The largest absolute Gasteiger partial charge is 0.378 e. The minimum Gasteiger partial charge on any atom is -0.378 e. The van der Waals surface area contributed by atoms with Crippen LogP contribution in [0.2, 0.25) is 0 Å². The van der Waals surface area contributed by atoms with Gasteiger partial charge in [0.05, 0.1) is 5.69 Å². The van der Waals surface area contributed by atoms with E-state index in [1.165, 1.54) is 0 Å². The maximum Gasteiger partial charge on any atom is 0.357 e. The number of hydrogen-bond acceptors (Lipinski definition) is 3. The fraction of sp³-hybridized carbons (Fsp3) is 0.188. The third-order valence-corrected chi connectivity index (χ3v) is 3.20.